The highest BCUT2D eigenvalue weighted by atomic mass is 16.5. The third-order valence-electron chi connectivity index (χ3n) is 2.04. The van der Waals surface area contributed by atoms with E-state index in [4.69, 9.17) is 15.2 Å². The molecule has 0 spiro atoms. The zero-order valence-corrected chi connectivity index (χ0v) is 9.35. The number of hydrogen-bond acceptors (Lipinski definition) is 6. The molecule has 6 heteroatoms. The van der Waals surface area contributed by atoms with Crippen molar-refractivity contribution < 1.29 is 19.4 Å². The second kappa shape index (κ2) is 4.80. The lowest BCUT2D eigenvalue weighted by Crippen LogP contribution is -2.27. The molecule has 0 aromatic carbocycles. The molecule has 0 saturated heterocycles. The highest BCUT2D eigenvalue weighted by molar-refractivity contribution is 6.04. The second-order valence-electron chi connectivity index (χ2n) is 3.21. The van der Waals surface area contributed by atoms with E-state index in [1.807, 2.05) is 0 Å². The summed E-state index contributed by atoms with van der Waals surface area (Å²) in [6, 6.07) is -0.744. The van der Waals surface area contributed by atoms with Crippen molar-refractivity contribution in [1.82, 2.24) is 4.98 Å². The number of aromatic nitrogens is 1. The van der Waals surface area contributed by atoms with Gasteiger partial charge in [-0.05, 0) is 6.92 Å². The predicted molar refractivity (Wildman–Crippen MR) is 57.0 cm³/mol. The molecule has 1 aromatic heterocycles. The van der Waals surface area contributed by atoms with E-state index in [0.717, 1.165) is 6.20 Å². The van der Waals surface area contributed by atoms with Crippen LogP contribution < -0.4 is 15.2 Å². The Hall–Kier alpha value is -1.82. The van der Waals surface area contributed by atoms with E-state index < -0.39 is 11.8 Å². The number of hydrogen-bond donors (Lipinski definition) is 2. The summed E-state index contributed by atoms with van der Waals surface area (Å²) in [5.41, 5.74) is 5.46. The Morgan fingerprint density at radius 1 is 1.50 bits per heavy atom. The molecule has 1 heterocycles. The average Bonchev–Trinajstić information content (AvgIpc) is 2.27. The first-order valence-electron chi connectivity index (χ1n) is 4.62. The van der Waals surface area contributed by atoms with Crippen molar-refractivity contribution in [2.24, 2.45) is 5.73 Å². The summed E-state index contributed by atoms with van der Waals surface area (Å²) in [5, 5.41) is 9.59. The number of pyridine rings is 1. The first-order chi connectivity index (χ1) is 7.52. The Morgan fingerprint density at radius 3 is 2.56 bits per heavy atom. The van der Waals surface area contributed by atoms with Crippen LogP contribution in [0.25, 0.3) is 0 Å². The SMILES string of the molecule is COc1ncc(O)c(C(=O)C(C)N)c1OC. The second-order valence-corrected chi connectivity index (χ2v) is 3.21. The van der Waals surface area contributed by atoms with E-state index in [1.54, 1.807) is 0 Å². The topological polar surface area (TPSA) is 94.7 Å². The smallest absolute Gasteiger partial charge is 0.257 e. The maximum atomic E-state index is 11.8. The van der Waals surface area contributed by atoms with Gasteiger partial charge >= 0.3 is 0 Å². The number of Topliss-reactive ketones (excluding diaryl/α,β-unsaturated/α-hetero) is 1. The standard InChI is InChI=1S/C10H14N2O4/c1-5(11)8(14)7-6(13)4-12-10(16-3)9(7)15-2/h4-5,13H,11H2,1-3H3. The number of methoxy groups -OCH3 is 2. The summed E-state index contributed by atoms with van der Waals surface area (Å²) in [6.45, 7) is 1.52. The van der Waals surface area contributed by atoms with Crippen molar-refractivity contribution in [3.05, 3.63) is 11.8 Å². The molecule has 0 saturated carbocycles. The van der Waals surface area contributed by atoms with Crippen LogP contribution in [0.2, 0.25) is 0 Å². The molecule has 0 aliphatic heterocycles. The van der Waals surface area contributed by atoms with Gasteiger partial charge in [-0.25, -0.2) is 4.98 Å². The maximum Gasteiger partial charge on any atom is 0.257 e. The van der Waals surface area contributed by atoms with Gasteiger partial charge in [0.1, 0.15) is 11.3 Å². The molecule has 1 aromatic rings. The number of carbonyl (C=O) groups excluding carboxylic acids is 1. The predicted octanol–water partition coefficient (Wildman–Crippen LogP) is 0.334. The first-order valence-corrected chi connectivity index (χ1v) is 4.62. The minimum Gasteiger partial charge on any atom is -0.505 e. The Labute approximate surface area is 93.0 Å². The zero-order chi connectivity index (χ0) is 12.3. The fourth-order valence-electron chi connectivity index (χ4n) is 1.27. The van der Waals surface area contributed by atoms with Gasteiger partial charge in [-0.15, -0.1) is 0 Å². The molecular weight excluding hydrogens is 212 g/mol. The highest BCUT2D eigenvalue weighted by Gasteiger charge is 2.24. The summed E-state index contributed by atoms with van der Waals surface area (Å²) in [7, 11) is 2.75. The minimum atomic E-state index is -0.744. The number of carbonyl (C=O) groups is 1. The van der Waals surface area contributed by atoms with Gasteiger partial charge < -0.3 is 20.3 Å². The largest absolute Gasteiger partial charge is 0.505 e. The van der Waals surface area contributed by atoms with Crippen LogP contribution in [-0.4, -0.2) is 36.1 Å². The first kappa shape index (κ1) is 12.3. The van der Waals surface area contributed by atoms with Crippen LogP contribution in [-0.2, 0) is 0 Å². The fraction of sp³-hybridized carbons (Fsp3) is 0.400. The van der Waals surface area contributed by atoms with Gasteiger partial charge in [0.15, 0.2) is 11.5 Å². The van der Waals surface area contributed by atoms with E-state index in [9.17, 15) is 9.90 Å². The zero-order valence-electron chi connectivity index (χ0n) is 9.35. The normalized spacial score (nSPS) is 12.0. The number of rotatable bonds is 4. The summed E-state index contributed by atoms with van der Waals surface area (Å²) in [4.78, 5) is 15.5. The van der Waals surface area contributed by atoms with Gasteiger partial charge in [-0.1, -0.05) is 0 Å². The van der Waals surface area contributed by atoms with Crippen molar-refractivity contribution in [3.63, 3.8) is 0 Å². The van der Waals surface area contributed by atoms with E-state index in [2.05, 4.69) is 4.98 Å². The summed E-state index contributed by atoms with van der Waals surface area (Å²) >= 11 is 0. The molecule has 6 nitrogen and oxygen atoms in total. The molecule has 0 aliphatic rings. The van der Waals surface area contributed by atoms with Gasteiger partial charge in [-0.2, -0.15) is 0 Å². The lowest BCUT2D eigenvalue weighted by Gasteiger charge is -2.13. The van der Waals surface area contributed by atoms with Crippen molar-refractivity contribution in [2.75, 3.05) is 14.2 Å². The number of nitrogens with two attached hydrogens (primary N) is 1. The van der Waals surface area contributed by atoms with Crippen LogP contribution >= 0.6 is 0 Å². The van der Waals surface area contributed by atoms with Gasteiger partial charge in [0, 0.05) is 0 Å². The third-order valence-corrected chi connectivity index (χ3v) is 2.04. The van der Waals surface area contributed by atoms with Crippen molar-refractivity contribution >= 4 is 5.78 Å². The van der Waals surface area contributed by atoms with E-state index in [0.29, 0.717) is 0 Å². The van der Waals surface area contributed by atoms with Crippen LogP contribution in [0, 0.1) is 0 Å². The Kier molecular flexibility index (Phi) is 3.68. The van der Waals surface area contributed by atoms with Gasteiger partial charge in [0.2, 0.25) is 0 Å². The lowest BCUT2D eigenvalue weighted by atomic mass is 10.1. The summed E-state index contributed by atoms with van der Waals surface area (Å²) < 4.78 is 9.92. The summed E-state index contributed by atoms with van der Waals surface area (Å²) in [5.74, 6) is -0.496. The van der Waals surface area contributed by atoms with Gasteiger partial charge in [0.05, 0.1) is 26.5 Å². The van der Waals surface area contributed by atoms with Gasteiger partial charge in [0.25, 0.3) is 5.88 Å². The van der Waals surface area contributed by atoms with Crippen LogP contribution in [0.15, 0.2) is 6.20 Å². The molecule has 0 radical (unpaired) electrons. The number of nitrogens with zero attached hydrogens (tertiary/aromatic N) is 1. The molecule has 0 aliphatic carbocycles. The van der Waals surface area contributed by atoms with Crippen LogP contribution in [0.1, 0.15) is 17.3 Å². The van der Waals surface area contributed by atoms with Gasteiger partial charge in [-0.3, -0.25) is 4.79 Å². The average molecular weight is 226 g/mol. The third kappa shape index (κ3) is 2.06. The molecule has 0 amide bonds. The van der Waals surface area contributed by atoms with Crippen molar-refractivity contribution in [3.8, 4) is 17.4 Å². The molecule has 0 fully saturated rings. The molecule has 3 N–H and O–H groups in total. The number of aromatic hydroxyl groups is 1. The Bertz CT molecular complexity index is 404. The number of ether oxygens (including phenoxy) is 2. The monoisotopic (exact) mass is 226 g/mol. The van der Waals surface area contributed by atoms with Crippen molar-refractivity contribution in [2.45, 2.75) is 13.0 Å². The van der Waals surface area contributed by atoms with Crippen LogP contribution in [0.5, 0.6) is 17.4 Å². The highest BCUT2D eigenvalue weighted by Crippen LogP contribution is 2.35. The van der Waals surface area contributed by atoms with E-state index >= 15 is 0 Å². The minimum absolute atomic E-state index is 0.00986. The molecule has 0 bridgehead atoms. The van der Waals surface area contributed by atoms with Crippen LogP contribution in [0.4, 0.5) is 0 Å². The van der Waals surface area contributed by atoms with E-state index in [1.165, 1.54) is 21.1 Å². The lowest BCUT2D eigenvalue weighted by molar-refractivity contribution is 0.0961. The summed E-state index contributed by atoms with van der Waals surface area (Å²) in [6.07, 6.45) is 1.12. The molecular formula is C10H14N2O4. The fourth-order valence-corrected chi connectivity index (χ4v) is 1.27. The molecule has 16 heavy (non-hydrogen) atoms. The van der Waals surface area contributed by atoms with E-state index in [-0.39, 0.29) is 22.9 Å². The quantitative estimate of drug-likeness (QED) is 0.718. The molecule has 1 rings (SSSR count). The molecule has 88 valence electrons. The molecule has 1 unspecified atom stereocenters. The van der Waals surface area contributed by atoms with Crippen LogP contribution in [0.3, 0.4) is 0 Å². The Balaban J connectivity index is 3.40. The Morgan fingerprint density at radius 2 is 2.12 bits per heavy atom. The van der Waals surface area contributed by atoms with Crippen molar-refractivity contribution in [1.29, 1.82) is 0 Å². The maximum absolute atomic E-state index is 11.8. The number of ketones is 1. The molecule has 1 atom stereocenters.